The number of esters is 1. The van der Waals surface area contributed by atoms with Crippen LogP contribution in [0.25, 0.3) is 0 Å². The van der Waals surface area contributed by atoms with E-state index < -0.39 is 5.97 Å². The molecule has 1 aliphatic rings. The van der Waals surface area contributed by atoms with Crippen molar-refractivity contribution in [2.24, 2.45) is 4.99 Å². The van der Waals surface area contributed by atoms with Crippen LogP contribution in [0, 0.1) is 0 Å². The molecule has 0 saturated carbocycles. The number of nitrogens with zero attached hydrogens (tertiary/aromatic N) is 1. The zero-order valence-electron chi connectivity index (χ0n) is 8.20. The van der Waals surface area contributed by atoms with Crippen molar-refractivity contribution in [3.05, 3.63) is 16.0 Å². The van der Waals surface area contributed by atoms with Crippen molar-refractivity contribution in [3.8, 4) is 0 Å². The molecule has 0 aromatic carbocycles. The Labute approximate surface area is 90.6 Å². The number of isocyanates is 1. The van der Waals surface area contributed by atoms with Gasteiger partial charge in [-0.05, 0) is 24.8 Å². The minimum atomic E-state index is -0.414. The lowest BCUT2D eigenvalue weighted by molar-refractivity contribution is 0.0601. The number of carbonyl (C=O) groups is 1. The van der Waals surface area contributed by atoms with Crippen LogP contribution < -0.4 is 0 Å². The maximum absolute atomic E-state index is 11.5. The van der Waals surface area contributed by atoms with Crippen LogP contribution in [-0.4, -0.2) is 19.2 Å². The molecule has 1 aliphatic carbocycles. The van der Waals surface area contributed by atoms with E-state index in [2.05, 4.69) is 9.73 Å². The van der Waals surface area contributed by atoms with Gasteiger partial charge in [-0.3, -0.25) is 0 Å². The first-order valence-electron chi connectivity index (χ1n) is 4.58. The summed E-state index contributed by atoms with van der Waals surface area (Å²) < 4.78 is 4.68. The highest BCUT2D eigenvalue weighted by Crippen LogP contribution is 2.40. The van der Waals surface area contributed by atoms with Gasteiger partial charge in [-0.2, -0.15) is 4.99 Å². The van der Waals surface area contributed by atoms with Crippen LogP contribution in [0.2, 0.25) is 0 Å². The Hall–Kier alpha value is -1.45. The molecule has 1 aromatic rings. The Morgan fingerprint density at radius 1 is 1.53 bits per heavy atom. The van der Waals surface area contributed by atoms with Gasteiger partial charge in [-0.1, -0.05) is 0 Å². The minimum absolute atomic E-state index is 0.414. The summed E-state index contributed by atoms with van der Waals surface area (Å²) in [6.07, 6.45) is 4.34. The fourth-order valence-corrected chi connectivity index (χ4v) is 3.02. The van der Waals surface area contributed by atoms with Crippen LogP contribution in [0.5, 0.6) is 0 Å². The van der Waals surface area contributed by atoms with Crippen LogP contribution in [0.15, 0.2) is 4.99 Å². The molecule has 0 amide bonds. The number of hydrogen-bond acceptors (Lipinski definition) is 5. The number of fused-ring (bicyclic) bond motifs is 1. The maximum Gasteiger partial charge on any atom is 0.341 e. The summed E-state index contributed by atoms with van der Waals surface area (Å²) in [5.41, 5.74) is 1.46. The zero-order chi connectivity index (χ0) is 10.8. The average molecular weight is 223 g/mol. The van der Waals surface area contributed by atoms with Gasteiger partial charge in [-0.15, -0.1) is 11.3 Å². The Balaban J connectivity index is 2.57. The van der Waals surface area contributed by atoms with Crippen LogP contribution >= 0.6 is 11.3 Å². The summed E-state index contributed by atoms with van der Waals surface area (Å²) in [5, 5.41) is 0.432. The highest BCUT2D eigenvalue weighted by atomic mass is 32.1. The number of ether oxygens (including phenoxy) is 1. The Bertz CT molecular complexity index is 457. The second-order valence-electron chi connectivity index (χ2n) is 3.23. The predicted octanol–water partition coefficient (Wildman–Crippen LogP) is 1.99. The summed E-state index contributed by atoms with van der Waals surface area (Å²) in [6, 6.07) is 0. The van der Waals surface area contributed by atoms with Gasteiger partial charge in [0.25, 0.3) is 0 Å². The van der Waals surface area contributed by atoms with Gasteiger partial charge in [0.05, 0.1) is 7.11 Å². The molecule has 1 aromatic heterocycles. The highest BCUT2D eigenvalue weighted by molar-refractivity contribution is 7.16. The van der Waals surface area contributed by atoms with Gasteiger partial charge in [0.2, 0.25) is 6.08 Å². The Kier molecular flexibility index (Phi) is 2.66. The monoisotopic (exact) mass is 223 g/mol. The summed E-state index contributed by atoms with van der Waals surface area (Å²) >= 11 is 1.39. The quantitative estimate of drug-likeness (QED) is 0.437. The predicted molar refractivity (Wildman–Crippen MR) is 55.5 cm³/mol. The highest BCUT2D eigenvalue weighted by Gasteiger charge is 2.26. The largest absolute Gasteiger partial charge is 0.465 e. The molecule has 2 rings (SSSR count). The van der Waals surface area contributed by atoms with E-state index in [1.165, 1.54) is 24.5 Å². The van der Waals surface area contributed by atoms with E-state index in [1.807, 2.05) is 0 Å². The van der Waals surface area contributed by atoms with E-state index in [1.54, 1.807) is 0 Å². The van der Waals surface area contributed by atoms with Gasteiger partial charge in [0.15, 0.2) is 0 Å². The van der Waals surface area contributed by atoms with Crippen molar-refractivity contribution in [1.29, 1.82) is 0 Å². The summed E-state index contributed by atoms with van der Waals surface area (Å²) in [7, 11) is 1.33. The summed E-state index contributed by atoms with van der Waals surface area (Å²) in [4.78, 5) is 26.4. The molecule has 0 fully saturated rings. The van der Waals surface area contributed by atoms with Crippen molar-refractivity contribution < 1.29 is 14.3 Å². The molecule has 0 bridgehead atoms. The minimum Gasteiger partial charge on any atom is -0.465 e. The van der Waals surface area contributed by atoms with Crippen molar-refractivity contribution in [2.75, 3.05) is 7.11 Å². The van der Waals surface area contributed by atoms with Gasteiger partial charge >= 0.3 is 5.97 Å². The van der Waals surface area contributed by atoms with Gasteiger partial charge in [-0.25, -0.2) is 9.59 Å². The number of methoxy groups -OCH3 is 1. The molecule has 15 heavy (non-hydrogen) atoms. The molecule has 0 saturated heterocycles. The third-order valence-electron chi connectivity index (χ3n) is 2.44. The van der Waals surface area contributed by atoms with Crippen molar-refractivity contribution in [1.82, 2.24) is 0 Å². The SMILES string of the molecule is COC(=O)c1c(N=C=O)sc2c1CCC2. The number of thiophene rings is 1. The zero-order valence-corrected chi connectivity index (χ0v) is 9.02. The van der Waals surface area contributed by atoms with E-state index in [-0.39, 0.29) is 0 Å². The first-order valence-corrected chi connectivity index (χ1v) is 5.40. The second kappa shape index (κ2) is 3.96. The number of aliphatic imine (C=N–C) groups is 1. The van der Waals surface area contributed by atoms with E-state index in [9.17, 15) is 9.59 Å². The van der Waals surface area contributed by atoms with E-state index in [4.69, 9.17) is 0 Å². The molecule has 5 heteroatoms. The van der Waals surface area contributed by atoms with Gasteiger partial charge < -0.3 is 4.74 Å². The topological polar surface area (TPSA) is 55.7 Å². The average Bonchev–Trinajstić information content (AvgIpc) is 2.77. The first-order chi connectivity index (χ1) is 7.27. The second-order valence-corrected chi connectivity index (χ2v) is 4.32. The van der Waals surface area contributed by atoms with Crippen molar-refractivity contribution in [3.63, 3.8) is 0 Å². The smallest absolute Gasteiger partial charge is 0.341 e. The fraction of sp³-hybridized carbons (Fsp3) is 0.400. The lowest BCUT2D eigenvalue weighted by Gasteiger charge is -1.99. The van der Waals surface area contributed by atoms with Crippen LogP contribution in [0.1, 0.15) is 27.2 Å². The van der Waals surface area contributed by atoms with Gasteiger partial charge in [0.1, 0.15) is 10.6 Å². The molecule has 78 valence electrons. The number of rotatable bonds is 2. The normalized spacial score (nSPS) is 13.1. The maximum atomic E-state index is 11.5. The Morgan fingerprint density at radius 2 is 2.33 bits per heavy atom. The lowest BCUT2D eigenvalue weighted by atomic mass is 10.1. The molecule has 0 radical (unpaired) electrons. The van der Waals surface area contributed by atoms with Crippen LogP contribution in [0.3, 0.4) is 0 Å². The van der Waals surface area contributed by atoms with E-state index in [0.29, 0.717) is 10.6 Å². The van der Waals surface area contributed by atoms with Crippen molar-refractivity contribution >= 4 is 28.4 Å². The van der Waals surface area contributed by atoms with Gasteiger partial charge in [0, 0.05) is 4.88 Å². The summed E-state index contributed by atoms with van der Waals surface area (Å²) in [6.45, 7) is 0. The number of aryl methyl sites for hydroxylation is 1. The van der Waals surface area contributed by atoms with E-state index >= 15 is 0 Å². The molecule has 1 heterocycles. The molecule has 0 aliphatic heterocycles. The fourth-order valence-electron chi connectivity index (χ4n) is 1.82. The lowest BCUT2D eigenvalue weighted by Crippen LogP contribution is -2.02. The van der Waals surface area contributed by atoms with E-state index in [0.717, 1.165) is 29.7 Å². The number of hydrogen-bond donors (Lipinski definition) is 0. The molecular weight excluding hydrogens is 214 g/mol. The molecule has 0 atom stereocenters. The first kappa shape index (κ1) is 10.1. The van der Waals surface area contributed by atoms with Crippen LogP contribution in [0.4, 0.5) is 5.00 Å². The number of carbonyl (C=O) groups excluding carboxylic acids is 2. The molecule has 0 spiro atoms. The Morgan fingerprint density at radius 3 is 3.00 bits per heavy atom. The summed E-state index contributed by atoms with van der Waals surface area (Å²) in [5.74, 6) is -0.414. The molecular formula is C10H9NO3S. The third kappa shape index (κ3) is 1.60. The van der Waals surface area contributed by atoms with Crippen molar-refractivity contribution in [2.45, 2.75) is 19.3 Å². The molecule has 0 unspecified atom stereocenters. The van der Waals surface area contributed by atoms with Crippen LogP contribution in [-0.2, 0) is 22.4 Å². The third-order valence-corrected chi connectivity index (χ3v) is 3.63. The molecule has 4 nitrogen and oxygen atoms in total. The molecule has 0 N–H and O–H groups in total. The standard InChI is InChI=1S/C10H9NO3S/c1-14-10(13)8-6-3-2-4-7(6)15-9(8)11-5-12/h2-4H2,1H3.